The third-order valence-corrected chi connectivity index (χ3v) is 7.82. The Labute approximate surface area is 161 Å². The van der Waals surface area contributed by atoms with Gasteiger partial charge in [-0.05, 0) is 18.7 Å². The maximum absolute atomic E-state index is 12.4. The van der Waals surface area contributed by atoms with Crippen LogP contribution >= 0.6 is 0 Å². The van der Waals surface area contributed by atoms with Crippen molar-refractivity contribution in [2.75, 3.05) is 59.2 Å². The monoisotopic (exact) mass is 421 g/mol. The highest BCUT2D eigenvalue weighted by Crippen LogP contribution is 2.29. The first-order valence-electron chi connectivity index (χ1n) is 8.65. The summed E-state index contributed by atoms with van der Waals surface area (Å²) >= 11 is 0. The summed E-state index contributed by atoms with van der Waals surface area (Å²) < 4.78 is 63.6. The van der Waals surface area contributed by atoms with Crippen molar-refractivity contribution < 1.29 is 26.3 Å². The lowest BCUT2D eigenvalue weighted by Gasteiger charge is -2.33. The van der Waals surface area contributed by atoms with Crippen LogP contribution in [0.15, 0.2) is 23.1 Å². The van der Waals surface area contributed by atoms with E-state index in [4.69, 9.17) is 9.47 Å². The van der Waals surface area contributed by atoms with E-state index in [1.54, 1.807) is 0 Å². The number of benzene rings is 1. The number of piperazine rings is 1. The van der Waals surface area contributed by atoms with Crippen LogP contribution < -0.4 is 14.2 Å². The number of ether oxygens (including phenoxy) is 2. The largest absolute Gasteiger partial charge is 0.493 e. The zero-order valence-corrected chi connectivity index (χ0v) is 17.5. The third kappa shape index (κ3) is 5.55. The van der Waals surface area contributed by atoms with Crippen LogP contribution in [0.4, 0.5) is 0 Å². The molecule has 154 valence electrons. The van der Waals surface area contributed by atoms with E-state index in [0.717, 1.165) is 6.54 Å². The summed E-state index contributed by atoms with van der Waals surface area (Å²) in [6.45, 7) is 4.95. The lowest BCUT2D eigenvalue weighted by molar-refractivity contribution is 0.196. The number of sulfonamides is 2. The Morgan fingerprint density at radius 2 is 1.63 bits per heavy atom. The van der Waals surface area contributed by atoms with Gasteiger partial charge in [0.2, 0.25) is 20.0 Å². The molecule has 0 aliphatic carbocycles. The van der Waals surface area contributed by atoms with Gasteiger partial charge in [-0.2, -0.15) is 4.31 Å². The molecule has 0 bridgehead atoms. The first-order valence-corrected chi connectivity index (χ1v) is 11.7. The molecule has 1 aliphatic rings. The molecule has 1 aliphatic heterocycles. The average Bonchev–Trinajstić information content (AvgIpc) is 2.67. The molecule has 2 rings (SSSR count). The van der Waals surface area contributed by atoms with E-state index in [0.29, 0.717) is 31.9 Å². The van der Waals surface area contributed by atoms with Crippen LogP contribution in [0, 0.1) is 0 Å². The van der Waals surface area contributed by atoms with Gasteiger partial charge in [-0.3, -0.25) is 0 Å². The second-order valence-electron chi connectivity index (χ2n) is 6.06. The zero-order valence-electron chi connectivity index (χ0n) is 15.8. The zero-order chi connectivity index (χ0) is 20.1. The smallest absolute Gasteiger partial charge is 0.240 e. The van der Waals surface area contributed by atoms with Crippen molar-refractivity contribution in [2.45, 2.75) is 11.8 Å². The SMILES string of the molecule is CCN1CCN(S(=O)(=O)CCNS(=O)(=O)c2ccc(OC)c(OC)c2)CC1. The maximum Gasteiger partial charge on any atom is 0.240 e. The van der Waals surface area contributed by atoms with Gasteiger partial charge in [0.05, 0.1) is 24.9 Å². The highest BCUT2D eigenvalue weighted by Gasteiger charge is 2.27. The second-order valence-corrected chi connectivity index (χ2v) is 9.92. The van der Waals surface area contributed by atoms with Crippen molar-refractivity contribution in [3.63, 3.8) is 0 Å². The van der Waals surface area contributed by atoms with Gasteiger partial charge in [0.1, 0.15) is 0 Å². The molecule has 1 fully saturated rings. The predicted molar refractivity (Wildman–Crippen MR) is 102 cm³/mol. The standard InChI is InChI=1S/C16H27N3O6S2/c1-4-18-8-10-19(11-9-18)26(20,21)12-7-17-27(22,23)14-5-6-15(24-2)16(13-14)25-3/h5-6,13,17H,4,7-12H2,1-3H3. The van der Waals surface area contributed by atoms with Crippen LogP contribution in [0.1, 0.15) is 6.92 Å². The molecule has 0 unspecified atom stereocenters. The quantitative estimate of drug-likeness (QED) is 0.596. The molecule has 1 aromatic carbocycles. The molecule has 0 spiro atoms. The highest BCUT2D eigenvalue weighted by molar-refractivity contribution is 7.90. The van der Waals surface area contributed by atoms with Crippen molar-refractivity contribution in [2.24, 2.45) is 0 Å². The first-order chi connectivity index (χ1) is 12.7. The molecule has 0 radical (unpaired) electrons. The van der Waals surface area contributed by atoms with Gasteiger partial charge in [0.15, 0.2) is 11.5 Å². The number of hydrogen-bond acceptors (Lipinski definition) is 7. The van der Waals surface area contributed by atoms with Gasteiger partial charge >= 0.3 is 0 Å². The van der Waals surface area contributed by atoms with Crippen molar-refractivity contribution in [3.8, 4) is 11.5 Å². The van der Waals surface area contributed by atoms with Crippen LogP contribution in [0.25, 0.3) is 0 Å². The van der Waals surface area contributed by atoms with Crippen molar-refractivity contribution in [1.82, 2.24) is 13.9 Å². The summed E-state index contributed by atoms with van der Waals surface area (Å²) in [6.07, 6.45) is 0. The van der Waals surface area contributed by atoms with E-state index < -0.39 is 20.0 Å². The molecule has 1 N–H and O–H groups in total. The van der Waals surface area contributed by atoms with Crippen LogP contribution in [-0.4, -0.2) is 85.3 Å². The molecule has 0 saturated carbocycles. The maximum atomic E-state index is 12.4. The van der Waals surface area contributed by atoms with Crippen LogP contribution in [-0.2, 0) is 20.0 Å². The number of nitrogens with one attached hydrogen (secondary N) is 1. The van der Waals surface area contributed by atoms with Crippen molar-refractivity contribution in [3.05, 3.63) is 18.2 Å². The van der Waals surface area contributed by atoms with Crippen LogP contribution in [0.5, 0.6) is 11.5 Å². The summed E-state index contributed by atoms with van der Waals surface area (Å²) in [5.74, 6) is 0.401. The minimum absolute atomic E-state index is 0.0193. The number of hydrogen-bond donors (Lipinski definition) is 1. The molecule has 1 aromatic rings. The van der Waals surface area contributed by atoms with E-state index in [9.17, 15) is 16.8 Å². The molecule has 9 nitrogen and oxygen atoms in total. The molecule has 1 saturated heterocycles. The van der Waals surface area contributed by atoms with Gasteiger partial charge in [0.25, 0.3) is 0 Å². The number of likely N-dealkylation sites (N-methyl/N-ethyl adjacent to an activating group) is 1. The van der Waals surface area contributed by atoms with Gasteiger partial charge < -0.3 is 14.4 Å². The lowest BCUT2D eigenvalue weighted by Crippen LogP contribution is -2.49. The molecule has 11 heteroatoms. The van der Waals surface area contributed by atoms with E-state index >= 15 is 0 Å². The normalized spacial score (nSPS) is 17.0. The van der Waals surface area contributed by atoms with Crippen molar-refractivity contribution in [1.29, 1.82) is 0 Å². The summed E-state index contributed by atoms with van der Waals surface area (Å²) in [5.41, 5.74) is 0. The Kier molecular flexibility index (Phi) is 7.46. The van der Waals surface area contributed by atoms with Crippen LogP contribution in [0.2, 0.25) is 0 Å². The third-order valence-electron chi connectivity index (χ3n) is 4.49. The number of methoxy groups -OCH3 is 2. The molecule has 27 heavy (non-hydrogen) atoms. The first kappa shape index (κ1) is 21.9. The van der Waals surface area contributed by atoms with Crippen LogP contribution in [0.3, 0.4) is 0 Å². The van der Waals surface area contributed by atoms with E-state index in [-0.39, 0.29) is 22.9 Å². The average molecular weight is 422 g/mol. The minimum Gasteiger partial charge on any atom is -0.493 e. The Bertz CT molecular complexity index is 834. The Morgan fingerprint density at radius 3 is 2.19 bits per heavy atom. The molecular weight excluding hydrogens is 394 g/mol. The minimum atomic E-state index is -3.86. The van der Waals surface area contributed by atoms with E-state index in [2.05, 4.69) is 9.62 Å². The second kappa shape index (κ2) is 9.20. The summed E-state index contributed by atoms with van der Waals surface area (Å²) in [4.78, 5) is 2.15. The summed E-state index contributed by atoms with van der Waals surface area (Å²) in [6, 6.07) is 4.19. The number of rotatable bonds is 9. The topological polar surface area (TPSA) is 105 Å². The van der Waals surface area contributed by atoms with Gasteiger partial charge in [0, 0.05) is 38.8 Å². The fourth-order valence-corrected chi connectivity index (χ4v) is 5.34. The van der Waals surface area contributed by atoms with Gasteiger partial charge in [-0.1, -0.05) is 6.92 Å². The van der Waals surface area contributed by atoms with Gasteiger partial charge in [-0.15, -0.1) is 0 Å². The fourth-order valence-electron chi connectivity index (χ4n) is 2.83. The van der Waals surface area contributed by atoms with E-state index in [1.165, 1.54) is 36.7 Å². The Balaban J connectivity index is 1.97. The number of nitrogens with zero attached hydrogens (tertiary/aromatic N) is 2. The lowest BCUT2D eigenvalue weighted by atomic mass is 10.3. The van der Waals surface area contributed by atoms with Crippen molar-refractivity contribution >= 4 is 20.0 Å². The predicted octanol–water partition coefficient (Wildman–Crippen LogP) is -0.0506. The summed E-state index contributed by atoms with van der Waals surface area (Å²) in [5, 5.41) is 0. The highest BCUT2D eigenvalue weighted by atomic mass is 32.2. The fraction of sp³-hybridized carbons (Fsp3) is 0.625. The Morgan fingerprint density at radius 1 is 1.00 bits per heavy atom. The molecule has 0 atom stereocenters. The van der Waals surface area contributed by atoms with Gasteiger partial charge in [-0.25, -0.2) is 21.6 Å². The Hall–Kier alpha value is -1.40. The molecule has 0 aromatic heterocycles. The molecule has 0 amide bonds. The molecule has 1 heterocycles. The molecular formula is C16H27N3O6S2. The summed E-state index contributed by atoms with van der Waals surface area (Å²) in [7, 11) is -4.51. The van der Waals surface area contributed by atoms with E-state index in [1.807, 2.05) is 6.92 Å².